The van der Waals surface area contributed by atoms with Crippen molar-refractivity contribution in [1.82, 2.24) is 25.0 Å². The number of rotatable bonds is 7. The highest BCUT2D eigenvalue weighted by Crippen LogP contribution is 2.45. The van der Waals surface area contributed by atoms with E-state index in [0.717, 1.165) is 46.7 Å². The zero-order valence-corrected chi connectivity index (χ0v) is 21.5. The van der Waals surface area contributed by atoms with E-state index in [4.69, 9.17) is 14.8 Å². The molecule has 0 radical (unpaired) electrons. The molecule has 1 saturated heterocycles. The van der Waals surface area contributed by atoms with Crippen LogP contribution in [0.5, 0.6) is 5.88 Å². The average Bonchev–Trinajstić information content (AvgIpc) is 3.65. The number of carbonyl (C=O) groups excluding carboxylic acids is 4. The minimum absolute atomic E-state index is 0.0961. The van der Waals surface area contributed by atoms with Crippen LogP contribution in [0.25, 0.3) is 11.0 Å². The molecule has 1 atom stereocenters. The monoisotopic (exact) mass is 528 g/mol. The first-order valence-electron chi connectivity index (χ1n) is 13.4. The average molecular weight is 529 g/mol. The molecule has 2 aromatic heterocycles. The van der Waals surface area contributed by atoms with Gasteiger partial charge < -0.3 is 10.1 Å². The number of anilines is 1. The van der Waals surface area contributed by atoms with Gasteiger partial charge in [-0.3, -0.25) is 29.4 Å². The van der Waals surface area contributed by atoms with Crippen molar-refractivity contribution in [2.45, 2.75) is 56.5 Å². The SMILES string of the molecule is COc1ccc2c(C3CC3)nn([C@H]3C[C@H](CNc4ccc5c(c4)C(=O)N(C4CCC(=O)NC4=O)C5=O)C3)c2n1. The number of nitrogens with zero attached hydrogens (tertiary/aromatic N) is 4. The standard InChI is InChI=1S/C28H28N6O5/c1-39-23-9-6-19-24(15-2-3-15)32-34(25(19)31-23)17-10-14(11-17)13-29-16-4-5-18-20(12-16)28(38)33(27(18)37)21-7-8-22(35)30-26(21)36/h4-6,9,12,14-15,17,21,29H,2-3,7-8,10-11,13H2,1H3,(H,30,35,36)/t14-,17-,21?. The van der Waals surface area contributed by atoms with Gasteiger partial charge in [0, 0.05) is 36.0 Å². The van der Waals surface area contributed by atoms with Crippen molar-refractivity contribution < 1.29 is 23.9 Å². The van der Waals surface area contributed by atoms with E-state index in [1.807, 2.05) is 6.07 Å². The molecule has 2 N–H and O–H groups in total. The number of carbonyl (C=O) groups is 4. The second-order valence-electron chi connectivity index (χ2n) is 10.9. The molecule has 3 fully saturated rings. The van der Waals surface area contributed by atoms with Crippen molar-refractivity contribution in [2.75, 3.05) is 19.0 Å². The Bertz CT molecular complexity index is 1550. The summed E-state index contributed by atoms with van der Waals surface area (Å²) in [5, 5.41) is 11.7. The fraction of sp³-hybridized carbons (Fsp3) is 0.429. The molecule has 11 heteroatoms. The molecule has 1 unspecified atom stereocenters. The van der Waals surface area contributed by atoms with E-state index in [-0.39, 0.29) is 30.0 Å². The van der Waals surface area contributed by atoms with Gasteiger partial charge in [0.15, 0.2) is 5.65 Å². The molecule has 7 rings (SSSR count). The van der Waals surface area contributed by atoms with Gasteiger partial charge in [0.05, 0.1) is 30.0 Å². The highest BCUT2D eigenvalue weighted by Gasteiger charge is 2.44. The molecule has 11 nitrogen and oxygen atoms in total. The van der Waals surface area contributed by atoms with E-state index < -0.39 is 29.7 Å². The van der Waals surface area contributed by atoms with E-state index >= 15 is 0 Å². The Kier molecular flexibility index (Phi) is 5.43. The van der Waals surface area contributed by atoms with Crippen molar-refractivity contribution in [1.29, 1.82) is 0 Å². The topological polar surface area (TPSA) is 136 Å². The Morgan fingerprint density at radius 2 is 1.82 bits per heavy atom. The van der Waals surface area contributed by atoms with Gasteiger partial charge in [-0.1, -0.05) is 0 Å². The van der Waals surface area contributed by atoms with E-state index in [1.165, 1.54) is 12.8 Å². The normalized spacial score (nSPS) is 24.5. The third-order valence-corrected chi connectivity index (χ3v) is 8.32. The van der Waals surface area contributed by atoms with Gasteiger partial charge in [-0.15, -0.1) is 0 Å². The highest BCUT2D eigenvalue weighted by molar-refractivity contribution is 6.23. The Morgan fingerprint density at radius 1 is 1.03 bits per heavy atom. The Balaban J connectivity index is 1.01. The van der Waals surface area contributed by atoms with E-state index in [2.05, 4.69) is 21.4 Å². The zero-order chi connectivity index (χ0) is 26.8. The molecule has 1 aromatic carbocycles. The fourth-order valence-corrected chi connectivity index (χ4v) is 5.96. The van der Waals surface area contributed by atoms with Crippen LogP contribution in [0.15, 0.2) is 30.3 Å². The summed E-state index contributed by atoms with van der Waals surface area (Å²) in [6.07, 6.45) is 4.50. The molecule has 0 spiro atoms. The van der Waals surface area contributed by atoms with Crippen LogP contribution in [0.1, 0.15) is 76.9 Å². The summed E-state index contributed by atoms with van der Waals surface area (Å²) in [6.45, 7) is 0.722. The number of pyridine rings is 1. The maximum Gasteiger partial charge on any atom is 0.262 e. The number of imide groups is 2. The summed E-state index contributed by atoms with van der Waals surface area (Å²) in [7, 11) is 1.62. The molecule has 39 heavy (non-hydrogen) atoms. The number of methoxy groups -OCH3 is 1. The number of amides is 4. The van der Waals surface area contributed by atoms with Crippen molar-refractivity contribution in [3.63, 3.8) is 0 Å². The Morgan fingerprint density at radius 3 is 2.56 bits per heavy atom. The number of hydrogen-bond acceptors (Lipinski definition) is 8. The molecule has 2 aliphatic carbocycles. The maximum atomic E-state index is 13.1. The van der Waals surface area contributed by atoms with Crippen LogP contribution in [0.2, 0.25) is 0 Å². The molecule has 3 aromatic rings. The maximum absolute atomic E-state index is 13.1. The third kappa shape index (κ3) is 3.95. The van der Waals surface area contributed by atoms with Gasteiger partial charge in [-0.05, 0) is 62.3 Å². The fourth-order valence-electron chi connectivity index (χ4n) is 5.96. The van der Waals surface area contributed by atoms with E-state index in [0.29, 0.717) is 17.7 Å². The van der Waals surface area contributed by atoms with Crippen LogP contribution in [-0.4, -0.2) is 63.0 Å². The van der Waals surface area contributed by atoms with Crippen LogP contribution in [0.4, 0.5) is 5.69 Å². The predicted octanol–water partition coefficient (Wildman–Crippen LogP) is 2.78. The third-order valence-electron chi connectivity index (χ3n) is 8.32. The molecular formula is C28H28N6O5. The quantitative estimate of drug-likeness (QED) is 0.447. The highest BCUT2D eigenvalue weighted by atomic mass is 16.5. The summed E-state index contributed by atoms with van der Waals surface area (Å²) < 4.78 is 7.43. The predicted molar refractivity (Wildman–Crippen MR) is 139 cm³/mol. The molecule has 2 saturated carbocycles. The largest absolute Gasteiger partial charge is 0.481 e. The molecule has 4 amide bonds. The number of ether oxygens (including phenoxy) is 1. The van der Waals surface area contributed by atoms with Crippen molar-refractivity contribution in [3.8, 4) is 5.88 Å². The number of hydrogen-bond donors (Lipinski definition) is 2. The number of fused-ring (bicyclic) bond motifs is 2. The summed E-state index contributed by atoms with van der Waals surface area (Å²) >= 11 is 0. The molecule has 4 aliphatic rings. The summed E-state index contributed by atoms with van der Waals surface area (Å²) in [5.74, 6) is -0.461. The first-order valence-corrected chi connectivity index (χ1v) is 13.4. The molecule has 200 valence electrons. The summed E-state index contributed by atoms with van der Waals surface area (Å²) in [4.78, 5) is 55.5. The van der Waals surface area contributed by atoms with Crippen LogP contribution < -0.4 is 15.4 Å². The molecule has 2 aliphatic heterocycles. The first-order chi connectivity index (χ1) is 18.9. The zero-order valence-electron chi connectivity index (χ0n) is 21.5. The number of nitrogens with one attached hydrogen (secondary N) is 2. The smallest absolute Gasteiger partial charge is 0.262 e. The minimum Gasteiger partial charge on any atom is -0.481 e. The summed E-state index contributed by atoms with van der Waals surface area (Å²) in [6, 6.07) is 8.36. The van der Waals surface area contributed by atoms with Gasteiger partial charge in [0.25, 0.3) is 11.8 Å². The lowest BCUT2D eigenvalue weighted by Crippen LogP contribution is -2.54. The van der Waals surface area contributed by atoms with Crippen molar-refractivity contribution in [3.05, 3.63) is 47.2 Å². The molecule has 4 heterocycles. The second-order valence-corrected chi connectivity index (χ2v) is 10.9. The van der Waals surface area contributed by atoms with Crippen LogP contribution in [-0.2, 0) is 9.59 Å². The number of aromatic nitrogens is 3. The van der Waals surface area contributed by atoms with E-state index in [1.54, 1.807) is 25.3 Å². The number of piperidine rings is 1. The van der Waals surface area contributed by atoms with Crippen LogP contribution >= 0.6 is 0 Å². The van der Waals surface area contributed by atoms with Crippen molar-refractivity contribution >= 4 is 40.3 Å². The number of benzene rings is 1. The van der Waals surface area contributed by atoms with Gasteiger partial charge in [-0.25, -0.2) is 4.68 Å². The molecule has 0 bridgehead atoms. The van der Waals surface area contributed by atoms with Gasteiger partial charge in [0.1, 0.15) is 6.04 Å². The lowest BCUT2D eigenvalue weighted by molar-refractivity contribution is -0.136. The second kappa shape index (κ2) is 8.89. The lowest BCUT2D eigenvalue weighted by atomic mass is 9.80. The molecular weight excluding hydrogens is 500 g/mol. The summed E-state index contributed by atoms with van der Waals surface area (Å²) in [5.41, 5.74) is 3.33. The van der Waals surface area contributed by atoms with Crippen LogP contribution in [0, 0.1) is 5.92 Å². The Hall–Kier alpha value is -4.28. The van der Waals surface area contributed by atoms with Crippen molar-refractivity contribution in [2.24, 2.45) is 5.92 Å². The Labute approximate surface area is 223 Å². The van der Waals surface area contributed by atoms with E-state index in [9.17, 15) is 19.2 Å². The van der Waals surface area contributed by atoms with Crippen LogP contribution in [0.3, 0.4) is 0 Å². The van der Waals surface area contributed by atoms with Gasteiger partial charge in [0.2, 0.25) is 17.7 Å². The van der Waals surface area contributed by atoms with Gasteiger partial charge in [-0.2, -0.15) is 10.1 Å². The van der Waals surface area contributed by atoms with Gasteiger partial charge >= 0.3 is 0 Å². The first kappa shape index (κ1) is 23.8. The minimum atomic E-state index is -0.966. The lowest BCUT2D eigenvalue weighted by Gasteiger charge is -2.35.